The van der Waals surface area contributed by atoms with Gasteiger partial charge in [-0.2, -0.15) is 5.10 Å². The average molecular weight is 412 g/mol. The van der Waals surface area contributed by atoms with Crippen LogP contribution in [0.3, 0.4) is 0 Å². The zero-order valence-corrected chi connectivity index (χ0v) is 17.0. The van der Waals surface area contributed by atoms with Crippen LogP contribution < -0.4 is 10.2 Å². The summed E-state index contributed by atoms with van der Waals surface area (Å²) in [5, 5.41) is 16.6. The molecule has 1 saturated heterocycles. The predicted molar refractivity (Wildman–Crippen MR) is 110 cm³/mol. The van der Waals surface area contributed by atoms with Crippen LogP contribution in [0.25, 0.3) is 5.65 Å². The van der Waals surface area contributed by atoms with E-state index in [-0.39, 0.29) is 36.3 Å². The second-order valence-corrected chi connectivity index (χ2v) is 7.91. The van der Waals surface area contributed by atoms with Gasteiger partial charge in [0.1, 0.15) is 17.2 Å². The minimum atomic E-state index is -0.360. The fourth-order valence-corrected chi connectivity index (χ4v) is 3.85. The third-order valence-electron chi connectivity index (χ3n) is 5.57. The van der Waals surface area contributed by atoms with Gasteiger partial charge in [-0.3, -0.25) is 9.78 Å². The number of carbonyl (C=O) groups is 1. The number of nitrogens with one attached hydrogen (secondary N) is 1. The number of hydrogen-bond donors (Lipinski definition) is 2. The molecule has 4 heterocycles. The number of aliphatic hydroxyl groups is 1. The van der Waals surface area contributed by atoms with E-state index < -0.39 is 0 Å². The molecule has 0 spiro atoms. The lowest BCUT2D eigenvalue weighted by atomic mass is 10.1. The van der Waals surface area contributed by atoms with E-state index in [1.807, 2.05) is 19.9 Å². The largest absolute Gasteiger partial charge is 0.394 e. The van der Waals surface area contributed by atoms with Gasteiger partial charge in [0.05, 0.1) is 31.1 Å². The lowest BCUT2D eigenvalue weighted by Crippen LogP contribution is -2.41. The molecule has 158 valence electrons. The fourth-order valence-electron chi connectivity index (χ4n) is 3.85. The molecule has 0 aromatic carbocycles. The van der Waals surface area contributed by atoms with Crippen molar-refractivity contribution in [3.63, 3.8) is 0 Å². The van der Waals surface area contributed by atoms with E-state index in [2.05, 4.69) is 20.3 Å². The molecule has 0 aliphatic carbocycles. The van der Waals surface area contributed by atoms with Crippen LogP contribution in [-0.4, -0.2) is 49.8 Å². The summed E-state index contributed by atoms with van der Waals surface area (Å²) in [5.41, 5.74) is 1.59. The molecule has 3 aromatic heterocycles. The Morgan fingerprint density at radius 3 is 2.93 bits per heavy atom. The van der Waals surface area contributed by atoms with Crippen LogP contribution in [0.5, 0.6) is 0 Å². The third kappa shape index (κ3) is 3.85. The number of halogens is 1. The highest BCUT2D eigenvalue weighted by molar-refractivity contribution is 6.00. The summed E-state index contributed by atoms with van der Waals surface area (Å²) >= 11 is 0. The van der Waals surface area contributed by atoms with E-state index >= 15 is 0 Å². The standard InChI is InChI=1S/C21H25FN6O2/c1-13(2)17(12-29)25-21(30)16-11-24-28-7-5-19(26-20(16)28)27-6-3-4-18(27)14-8-15(22)10-23-9-14/h5,7-11,13,17-18,29H,3-4,6,12H2,1-2H3,(H,25,30)/t17-,18-/m1/s1. The van der Waals surface area contributed by atoms with Crippen molar-refractivity contribution in [2.75, 3.05) is 18.1 Å². The van der Waals surface area contributed by atoms with Crippen molar-refractivity contribution < 1.29 is 14.3 Å². The monoisotopic (exact) mass is 412 g/mol. The molecule has 2 atom stereocenters. The number of rotatable bonds is 6. The first-order chi connectivity index (χ1) is 14.5. The summed E-state index contributed by atoms with van der Waals surface area (Å²) in [6, 6.07) is 2.98. The van der Waals surface area contributed by atoms with Gasteiger partial charge in [-0.1, -0.05) is 13.8 Å². The van der Waals surface area contributed by atoms with Gasteiger partial charge in [-0.25, -0.2) is 13.9 Å². The van der Waals surface area contributed by atoms with Crippen LogP contribution in [0.2, 0.25) is 0 Å². The van der Waals surface area contributed by atoms with Gasteiger partial charge in [0.25, 0.3) is 5.91 Å². The van der Waals surface area contributed by atoms with Crippen LogP contribution in [0, 0.1) is 11.7 Å². The number of hydrogen-bond acceptors (Lipinski definition) is 6. The van der Waals surface area contributed by atoms with Crippen LogP contribution in [-0.2, 0) is 0 Å². The second kappa shape index (κ2) is 8.35. The molecule has 2 N–H and O–H groups in total. The summed E-state index contributed by atoms with van der Waals surface area (Å²) in [4.78, 5) is 23.6. The molecule has 4 rings (SSSR count). The van der Waals surface area contributed by atoms with Crippen molar-refractivity contribution in [2.24, 2.45) is 5.92 Å². The quantitative estimate of drug-likeness (QED) is 0.645. The molecule has 3 aromatic rings. The number of carbonyl (C=O) groups excluding carboxylic acids is 1. The van der Waals surface area contributed by atoms with Gasteiger partial charge in [0, 0.05) is 18.9 Å². The Morgan fingerprint density at radius 1 is 1.37 bits per heavy atom. The molecule has 1 aliphatic rings. The van der Waals surface area contributed by atoms with Crippen LogP contribution in [0.1, 0.15) is 48.7 Å². The molecule has 0 radical (unpaired) electrons. The molecule has 9 heteroatoms. The highest BCUT2D eigenvalue weighted by atomic mass is 19.1. The van der Waals surface area contributed by atoms with Gasteiger partial charge in [0.2, 0.25) is 0 Å². The molecule has 8 nitrogen and oxygen atoms in total. The smallest absolute Gasteiger partial charge is 0.257 e. The molecule has 1 amide bonds. The lowest BCUT2D eigenvalue weighted by molar-refractivity contribution is 0.0898. The van der Waals surface area contributed by atoms with E-state index in [9.17, 15) is 14.3 Å². The Balaban J connectivity index is 1.64. The van der Waals surface area contributed by atoms with Crippen molar-refractivity contribution >= 4 is 17.4 Å². The molecular formula is C21H25FN6O2. The van der Waals surface area contributed by atoms with E-state index in [0.717, 1.165) is 24.9 Å². The zero-order chi connectivity index (χ0) is 21.3. The minimum Gasteiger partial charge on any atom is -0.394 e. The Morgan fingerprint density at radius 2 is 2.20 bits per heavy atom. The van der Waals surface area contributed by atoms with Crippen molar-refractivity contribution in [3.05, 3.63) is 53.9 Å². The fraction of sp³-hybridized carbons (Fsp3) is 0.429. The van der Waals surface area contributed by atoms with Crippen LogP contribution >= 0.6 is 0 Å². The number of anilines is 1. The molecule has 1 aliphatic heterocycles. The van der Waals surface area contributed by atoms with Crippen molar-refractivity contribution in [2.45, 2.75) is 38.8 Å². The van der Waals surface area contributed by atoms with Gasteiger partial charge >= 0.3 is 0 Å². The maximum absolute atomic E-state index is 13.7. The molecule has 1 fully saturated rings. The Hall–Kier alpha value is -3.07. The van der Waals surface area contributed by atoms with E-state index in [4.69, 9.17) is 4.98 Å². The van der Waals surface area contributed by atoms with E-state index in [1.54, 1.807) is 16.9 Å². The normalized spacial score (nSPS) is 17.6. The van der Waals surface area contributed by atoms with Crippen molar-refractivity contribution in [3.8, 4) is 0 Å². The average Bonchev–Trinajstić information content (AvgIpc) is 3.38. The maximum atomic E-state index is 13.7. The number of nitrogens with zero attached hydrogens (tertiary/aromatic N) is 5. The SMILES string of the molecule is CC(C)[C@@H](CO)NC(=O)c1cnn2ccc(N3CCC[C@@H]3c3cncc(F)c3)nc12. The Kier molecular flexibility index (Phi) is 5.63. The van der Waals surface area contributed by atoms with Gasteiger partial charge in [-0.15, -0.1) is 0 Å². The highest BCUT2D eigenvalue weighted by Crippen LogP contribution is 2.35. The first kappa shape index (κ1) is 20.2. The molecule has 0 bridgehead atoms. The minimum absolute atomic E-state index is 0.0249. The highest BCUT2D eigenvalue weighted by Gasteiger charge is 2.28. The first-order valence-corrected chi connectivity index (χ1v) is 10.1. The lowest BCUT2D eigenvalue weighted by Gasteiger charge is -2.26. The first-order valence-electron chi connectivity index (χ1n) is 10.1. The van der Waals surface area contributed by atoms with Gasteiger partial charge in [-0.05, 0) is 36.5 Å². The summed E-state index contributed by atoms with van der Waals surface area (Å²) in [7, 11) is 0. The molecule has 0 unspecified atom stereocenters. The summed E-state index contributed by atoms with van der Waals surface area (Å²) in [6.07, 6.45) is 7.95. The second-order valence-electron chi connectivity index (χ2n) is 7.91. The van der Waals surface area contributed by atoms with E-state index in [1.165, 1.54) is 18.5 Å². The zero-order valence-electron chi connectivity index (χ0n) is 17.0. The Labute approximate surface area is 173 Å². The van der Waals surface area contributed by atoms with Crippen molar-refractivity contribution in [1.82, 2.24) is 24.9 Å². The third-order valence-corrected chi connectivity index (χ3v) is 5.57. The number of amides is 1. The summed E-state index contributed by atoms with van der Waals surface area (Å²) in [6.45, 7) is 4.50. The van der Waals surface area contributed by atoms with Crippen LogP contribution in [0.4, 0.5) is 10.2 Å². The predicted octanol–water partition coefficient (Wildman–Crippen LogP) is 2.35. The van der Waals surface area contributed by atoms with E-state index in [0.29, 0.717) is 17.0 Å². The number of aromatic nitrogens is 4. The molecule has 30 heavy (non-hydrogen) atoms. The van der Waals surface area contributed by atoms with Gasteiger partial charge < -0.3 is 15.3 Å². The Bertz CT molecular complexity index is 1050. The molecule has 0 saturated carbocycles. The van der Waals surface area contributed by atoms with Crippen molar-refractivity contribution in [1.29, 1.82) is 0 Å². The number of fused-ring (bicyclic) bond motifs is 1. The topological polar surface area (TPSA) is 95.6 Å². The van der Waals surface area contributed by atoms with Crippen LogP contribution in [0.15, 0.2) is 36.9 Å². The molecular weight excluding hydrogens is 387 g/mol. The summed E-state index contributed by atoms with van der Waals surface area (Å²) in [5.74, 6) is 0.108. The summed E-state index contributed by atoms with van der Waals surface area (Å²) < 4.78 is 15.2. The number of aliphatic hydroxyl groups excluding tert-OH is 1. The number of pyridine rings is 1. The van der Waals surface area contributed by atoms with Gasteiger partial charge in [0.15, 0.2) is 5.65 Å². The maximum Gasteiger partial charge on any atom is 0.257 e.